The van der Waals surface area contributed by atoms with Gasteiger partial charge in [-0.25, -0.2) is 0 Å². The highest BCUT2D eigenvalue weighted by atomic mass is 16.1. The highest BCUT2D eigenvalue weighted by molar-refractivity contribution is 6.29. The SMILES string of the molecule is O=C1c2ccccc2C(=O)c2c(C=Cc3ccccc3)cccc21. The molecule has 0 atom stereocenters. The molecule has 0 aliphatic heterocycles. The molecule has 0 radical (unpaired) electrons. The molecule has 1 aliphatic rings. The molecule has 0 saturated carbocycles. The first-order chi connectivity index (χ1) is 11.8. The molecule has 2 heteroatoms. The van der Waals surface area contributed by atoms with E-state index in [4.69, 9.17) is 0 Å². The Morgan fingerprint density at radius 3 is 1.92 bits per heavy atom. The summed E-state index contributed by atoms with van der Waals surface area (Å²) in [5, 5.41) is 0. The molecule has 0 heterocycles. The van der Waals surface area contributed by atoms with Gasteiger partial charge >= 0.3 is 0 Å². The standard InChI is InChI=1S/C22H14O2/c23-21-17-10-4-5-11-18(17)22(24)20-16(9-6-12-19(20)21)14-13-15-7-2-1-3-8-15/h1-14H. The molecule has 24 heavy (non-hydrogen) atoms. The van der Waals surface area contributed by atoms with Gasteiger partial charge in [0.2, 0.25) is 0 Å². The molecule has 0 bridgehead atoms. The van der Waals surface area contributed by atoms with Gasteiger partial charge in [-0.3, -0.25) is 9.59 Å². The molecule has 4 rings (SSSR count). The minimum Gasteiger partial charge on any atom is -0.289 e. The van der Waals surface area contributed by atoms with Crippen LogP contribution in [0.5, 0.6) is 0 Å². The number of carbonyl (C=O) groups is 2. The van der Waals surface area contributed by atoms with Crippen LogP contribution in [0.25, 0.3) is 12.2 Å². The van der Waals surface area contributed by atoms with Crippen LogP contribution in [0, 0.1) is 0 Å². The van der Waals surface area contributed by atoms with Crippen molar-refractivity contribution in [2.75, 3.05) is 0 Å². The monoisotopic (exact) mass is 310 g/mol. The van der Waals surface area contributed by atoms with Gasteiger partial charge in [0.25, 0.3) is 0 Å². The van der Waals surface area contributed by atoms with E-state index in [1.807, 2.05) is 54.6 Å². The van der Waals surface area contributed by atoms with Gasteiger partial charge in [0.1, 0.15) is 0 Å². The van der Waals surface area contributed by atoms with Gasteiger partial charge in [-0.2, -0.15) is 0 Å². The molecule has 1 aliphatic carbocycles. The number of fused-ring (bicyclic) bond motifs is 2. The lowest BCUT2D eigenvalue weighted by Gasteiger charge is -2.18. The van der Waals surface area contributed by atoms with Crippen LogP contribution in [0.1, 0.15) is 43.0 Å². The Balaban J connectivity index is 1.84. The van der Waals surface area contributed by atoms with Crippen molar-refractivity contribution in [3.8, 4) is 0 Å². The van der Waals surface area contributed by atoms with Gasteiger partial charge in [-0.1, -0.05) is 84.9 Å². The van der Waals surface area contributed by atoms with E-state index in [1.165, 1.54) is 0 Å². The smallest absolute Gasteiger partial charge is 0.195 e. The molecular weight excluding hydrogens is 296 g/mol. The summed E-state index contributed by atoms with van der Waals surface area (Å²) >= 11 is 0. The maximum absolute atomic E-state index is 12.9. The van der Waals surface area contributed by atoms with E-state index in [1.54, 1.807) is 30.3 Å². The lowest BCUT2D eigenvalue weighted by atomic mass is 9.82. The molecule has 0 unspecified atom stereocenters. The first kappa shape index (κ1) is 14.3. The fourth-order valence-corrected chi connectivity index (χ4v) is 3.06. The Hall–Kier alpha value is -3.26. The van der Waals surface area contributed by atoms with Gasteiger partial charge in [-0.05, 0) is 11.1 Å². The highest BCUT2D eigenvalue weighted by Gasteiger charge is 2.30. The fraction of sp³-hybridized carbons (Fsp3) is 0. The van der Waals surface area contributed by atoms with Crippen LogP contribution in [-0.4, -0.2) is 11.6 Å². The van der Waals surface area contributed by atoms with Gasteiger partial charge in [0.05, 0.1) is 0 Å². The number of rotatable bonds is 2. The molecule has 0 spiro atoms. The Morgan fingerprint density at radius 2 is 1.17 bits per heavy atom. The average molecular weight is 310 g/mol. The van der Waals surface area contributed by atoms with Crippen molar-refractivity contribution in [3.63, 3.8) is 0 Å². The van der Waals surface area contributed by atoms with Crippen molar-refractivity contribution in [1.29, 1.82) is 0 Å². The summed E-state index contributed by atoms with van der Waals surface area (Å²) in [5.41, 5.74) is 3.76. The third-order valence-electron chi connectivity index (χ3n) is 4.24. The molecule has 3 aromatic rings. The summed E-state index contributed by atoms with van der Waals surface area (Å²) in [6.45, 7) is 0. The van der Waals surface area contributed by atoms with Gasteiger partial charge in [0, 0.05) is 22.3 Å². The number of benzene rings is 3. The van der Waals surface area contributed by atoms with Crippen molar-refractivity contribution in [1.82, 2.24) is 0 Å². The van der Waals surface area contributed by atoms with Crippen LogP contribution in [0.4, 0.5) is 0 Å². The summed E-state index contributed by atoms with van der Waals surface area (Å²) in [4.78, 5) is 25.6. The lowest BCUT2D eigenvalue weighted by molar-refractivity contribution is 0.0979. The second kappa shape index (κ2) is 5.74. The quantitative estimate of drug-likeness (QED) is 0.506. The molecule has 2 nitrogen and oxygen atoms in total. The van der Waals surface area contributed by atoms with E-state index in [0.717, 1.165) is 11.1 Å². The lowest BCUT2D eigenvalue weighted by Crippen LogP contribution is -2.21. The van der Waals surface area contributed by atoms with E-state index >= 15 is 0 Å². The molecule has 114 valence electrons. The average Bonchev–Trinajstić information content (AvgIpc) is 2.65. The Kier molecular flexibility index (Phi) is 3.43. The van der Waals surface area contributed by atoms with Crippen LogP contribution in [-0.2, 0) is 0 Å². The molecule has 0 saturated heterocycles. The van der Waals surface area contributed by atoms with Gasteiger partial charge < -0.3 is 0 Å². The van der Waals surface area contributed by atoms with Crippen LogP contribution >= 0.6 is 0 Å². The zero-order chi connectivity index (χ0) is 16.5. The maximum Gasteiger partial charge on any atom is 0.195 e. The molecular formula is C22H14O2. The van der Waals surface area contributed by atoms with Crippen LogP contribution in [0.3, 0.4) is 0 Å². The molecule has 3 aromatic carbocycles. The van der Waals surface area contributed by atoms with Crippen molar-refractivity contribution in [2.24, 2.45) is 0 Å². The second-order valence-corrected chi connectivity index (χ2v) is 5.72. The zero-order valence-corrected chi connectivity index (χ0v) is 12.9. The first-order valence-corrected chi connectivity index (χ1v) is 7.80. The molecule has 0 amide bonds. The number of hydrogen-bond acceptors (Lipinski definition) is 2. The van der Waals surface area contributed by atoms with Crippen LogP contribution < -0.4 is 0 Å². The first-order valence-electron chi connectivity index (χ1n) is 7.80. The number of carbonyl (C=O) groups excluding carboxylic acids is 2. The van der Waals surface area contributed by atoms with Crippen molar-refractivity contribution in [3.05, 3.63) is 106 Å². The van der Waals surface area contributed by atoms with Crippen LogP contribution in [0.2, 0.25) is 0 Å². The summed E-state index contributed by atoms with van der Waals surface area (Å²) in [5.74, 6) is -0.177. The largest absolute Gasteiger partial charge is 0.289 e. The Labute approximate surface area is 140 Å². The van der Waals surface area contributed by atoms with Gasteiger partial charge in [0.15, 0.2) is 11.6 Å². The molecule has 0 N–H and O–H groups in total. The summed E-state index contributed by atoms with van der Waals surface area (Å²) < 4.78 is 0. The molecule has 0 aromatic heterocycles. The van der Waals surface area contributed by atoms with E-state index < -0.39 is 0 Å². The normalized spacial score (nSPS) is 13.0. The van der Waals surface area contributed by atoms with E-state index in [0.29, 0.717) is 22.3 Å². The van der Waals surface area contributed by atoms with E-state index in [9.17, 15) is 9.59 Å². The van der Waals surface area contributed by atoms with Crippen molar-refractivity contribution < 1.29 is 9.59 Å². The van der Waals surface area contributed by atoms with E-state index in [2.05, 4.69) is 0 Å². The van der Waals surface area contributed by atoms with Gasteiger partial charge in [-0.15, -0.1) is 0 Å². The Morgan fingerprint density at radius 1 is 0.542 bits per heavy atom. The number of hydrogen-bond donors (Lipinski definition) is 0. The van der Waals surface area contributed by atoms with Crippen molar-refractivity contribution in [2.45, 2.75) is 0 Å². The zero-order valence-electron chi connectivity index (χ0n) is 12.9. The maximum atomic E-state index is 12.9. The van der Waals surface area contributed by atoms with Crippen LogP contribution in [0.15, 0.2) is 72.8 Å². The summed E-state index contributed by atoms with van der Waals surface area (Å²) in [6, 6.07) is 22.3. The summed E-state index contributed by atoms with van der Waals surface area (Å²) in [7, 11) is 0. The van der Waals surface area contributed by atoms with Crippen molar-refractivity contribution >= 4 is 23.7 Å². The predicted molar refractivity (Wildman–Crippen MR) is 95.1 cm³/mol. The minimum absolute atomic E-state index is 0.0878. The highest BCUT2D eigenvalue weighted by Crippen LogP contribution is 2.30. The number of ketones is 2. The second-order valence-electron chi connectivity index (χ2n) is 5.72. The fourth-order valence-electron chi connectivity index (χ4n) is 3.06. The summed E-state index contributed by atoms with van der Waals surface area (Å²) in [6.07, 6.45) is 3.85. The molecule has 0 fully saturated rings. The third-order valence-corrected chi connectivity index (χ3v) is 4.24. The topological polar surface area (TPSA) is 34.1 Å². The Bertz CT molecular complexity index is 982. The third kappa shape index (κ3) is 2.29. The van der Waals surface area contributed by atoms with E-state index in [-0.39, 0.29) is 11.6 Å². The predicted octanol–water partition coefficient (Wildman–Crippen LogP) is 4.63. The minimum atomic E-state index is -0.0893.